The molecule has 0 unspecified atom stereocenters. The zero-order valence-electron chi connectivity index (χ0n) is 13.2. The molecule has 0 radical (unpaired) electrons. The molecule has 0 spiro atoms. The molecule has 0 aromatic carbocycles. The smallest absolute Gasteiger partial charge is 0.263 e. The number of nitrogens with one attached hydrogen (secondary N) is 1. The topological polar surface area (TPSA) is 93.8 Å². The fraction of sp³-hybridized carbons (Fsp3) is 0.250. The zero-order valence-corrected chi connectivity index (χ0v) is 14.0. The maximum Gasteiger partial charge on any atom is 0.263 e. The third kappa shape index (κ3) is 2.87. The molecule has 118 valence electrons. The van der Waals surface area contributed by atoms with Gasteiger partial charge in [0.25, 0.3) is 5.91 Å². The second-order valence-corrected chi connectivity index (χ2v) is 6.44. The first-order chi connectivity index (χ1) is 11.0. The van der Waals surface area contributed by atoms with Crippen molar-refractivity contribution in [2.45, 2.75) is 27.3 Å². The van der Waals surface area contributed by atoms with Crippen LogP contribution in [-0.2, 0) is 6.54 Å². The third-order valence-electron chi connectivity index (χ3n) is 3.74. The summed E-state index contributed by atoms with van der Waals surface area (Å²) in [5.41, 5.74) is 10.3. The van der Waals surface area contributed by atoms with Gasteiger partial charge in [-0.25, -0.2) is 0 Å². The van der Waals surface area contributed by atoms with Crippen LogP contribution in [0.15, 0.2) is 18.3 Å². The number of pyridine rings is 1. The molecular weight excluding hydrogens is 310 g/mol. The summed E-state index contributed by atoms with van der Waals surface area (Å²) < 4.78 is 0. The van der Waals surface area contributed by atoms with Gasteiger partial charge in [0.1, 0.15) is 9.71 Å². The van der Waals surface area contributed by atoms with Gasteiger partial charge in [0, 0.05) is 11.6 Å². The number of nitrogen functional groups attached to an aromatic ring is 1. The minimum Gasteiger partial charge on any atom is -0.397 e. The van der Waals surface area contributed by atoms with Gasteiger partial charge in [-0.3, -0.25) is 9.78 Å². The number of aryl methyl sites for hydroxylation is 3. The molecule has 3 rings (SSSR count). The van der Waals surface area contributed by atoms with Crippen LogP contribution < -0.4 is 11.1 Å². The molecule has 0 aliphatic heterocycles. The molecule has 0 aliphatic carbocycles. The van der Waals surface area contributed by atoms with Gasteiger partial charge in [-0.05, 0) is 38.0 Å². The maximum absolute atomic E-state index is 12.4. The molecule has 6 nitrogen and oxygen atoms in total. The molecule has 3 heterocycles. The molecule has 23 heavy (non-hydrogen) atoms. The number of anilines is 1. The van der Waals surface area contributed by atoms with Crippen LogP contribution in [0.1, 0.15) is 32.2 Å². The van der Waals surface area contributed by atoms with Gasteiger partial charge < -0.3 is 11.1 Å². The Balaban J connectivity index is 1.85. The van der Waals surface area contributed by atoms with Crippen molar-refractivity contribution in [2.24, 2.45) is 0 Å². The van der Waals surface area contributed by atoms with Crippen LogP contribution in [0.3, 0.4) is 0 Å². The van der Waals surface area contributed by atoms with Gasteiger partial charge in [0.15, 0.2) is 0 Å². The van der Waals surface area contributed by atoms with Gasteiger partial charge in [-0.2, -0.15) is 5.10 Å². The number of rotatable bonds is 3. The van der Waals surface area contributed by atoms with E-state index in [1.165, 1.54) is 11.3 Å². The normalized spacial score (nSPS) is 10.9. The van der Waals surface area contributed by atoms with Crippen molar-refractivity contribution >= 4 is 33.1 Å². The van der Waals surface area contributed by atoms with Gasteiger partial charge in [0.2, 0.25) is 0 Å². The number of nitrogens with zero attached hydrogens (tertiary/aromatic N) is 3. The lowest BCUT2D eigenvalue weighted by atomic mass is 10.1. The van der Waals surface area contributed by atoms with Crippen molar-refractivity contribution in [3.8, 4) is 0 Å². The second-order valence-electron chi connectivity index (χ2n) is 5.44. The van der Waals surface area contributed by atoms with Crippen LogP contribution in [0.4, 0.5) is 5.69 Å². The summed E-state index contributed by atoms with van der Waals surface area (Å²) in [6.45, 7) is 6.14. The number of thiophene rings is 1. The monoisotopic (exact) mass is 327 g/mol. The van der Waals surface area contributed by atoms with Crippen molar-refractivity contribution < 1.29 is 4.79 Å². The number of carbonyl (C=O) groups excluding carboxylic acids is 1. The molecule has 0 fully saturated rings. The lowest BCUT2D eigenvalue weighted by Gasteiger charge is -2.04. The van der Waals surface area contributed by atoms with E-state index in [9.17, 15) is 4.79 Å². The number of nitrogens with two attached hydrogens (primary N) is 1. The van der Waals surface area contributed by atoms with E-state index in [0.29, 0.717) is 21.9 Å². The summed E-state index contributed by atoms with van der Waals surface area (Å²) >= 11 is 1.26. The van der Waals surface area contributed by atoms with E-state index in [1.807, 2.05) is 32.9 Å². The van der Waals surface area contributed by atoms with Crippen LogP contribution >= 0.6 is 11.3 Å². The fourth-order valence-corrected chi connectivity index (χ4v) is 3.28. The van der Waals surface area contributed by atoms with Crippen LogP contribution in [0, 0.1) is 20.8 Å². The standard InChI is InChI=1S/C16H17N5OS/c1-8-4-5-11(18-6-8)7-19-15(22)14-13(17)12-9(2)10(3)20-21-16(12)23-14/h4-6H,7,17H2,1-3H3,(H,19,22). The number of hydrogen-bond acceptors (Lipinski definition) is 6. The average molecular weight is 327 g/mol. The van der Waals surface area contributed by atoms with Crippen molar-refractivity contribution in [1.82, 2.24) is 20.5 Å². The van der Waals surface area contributed by atoms with Gasteiger partial charge in [-0.1, -0.05) is 6.07 Å². The van der Waals surface area contributed by atoms with Crippen molar-refractivity contribution in [1.29, 1.82) is 0 Å². The predicted molar refractivity (Wildman–Crippen MR) is 91.4 cm³/mol. The molecule has 0 saturated carbocycles. The highest BCUT2D eigenvalue weighted by Gasteiger charge is 2.19. The highest BCUT2D eigenvalue weighted by molar-refractivity contribution is 7.21. The first-order valence-corrected chi connectivity index (χ1v) is 8.00. The average Bonchev–Trinajstić information content (AvgIpc) is 2.88. The highest BCUT2D eigenvalue weighted by atomic mass is 32.1. The Morgan fingerprint density at radius 2 is 2.04 bits per heavy atom. The summed E-state index contributed by atoms with van der Waals surface area (Å²) in [6.07, 6.45) is 1.77. The Hall–Kier alpha value is -2.54. The van der Waals surface area contributed by atoms with E-state index in [2.05, 4.69) is 20.5 Å². The number of carbonyl (C=O) groups is 1. The summed E-state index contributed by atoms with van der Waals surface area (Å²) in [6, 6.07) is 3.85. The molecule has 3 N–H and O–H groups in total. The van der Waals surface area contributed by atoms with Crippen molar-refractivity contribution in [2.75, 3.05) is 5.73 Å². The SMILES string of the molecule is Cc1ccc(CNC(=O)c2sc3nnc(C)c(C)c3c2N)nc1. The largest absolute Gasteiger partial charge is 0.397 e. The molecule has 3 aromatic rings. The van der Waals surface area contributed by atoms with Crippen LogP contribution in [0.25, 0.3) is 10.2 Å². The van der Waals surface area contributed by atoms with E-state index < -0.39 is 0 Å². The van der Waals surface area contributed by atoms with E-state index in [4.69, 9.17) is 5.73 Å². The summed E-state index contributed by atoms with van der Waals surface area (Å²) in [7, 11) is 0. The van der Waals surface area contributed by atoms with Crippen LogP contribution in [0.2, 0.25) is 0 Å². The number of aromatic nitrogens is 3. The summed E-state index contributed by atoms with van der Waals surface area (Å²) in [5, 5.41) is 11.9. The first kappa shape index (κ1) is 15.4. The number of fused-ring (bicyclic) bond motifs is 1. The quantitative estimate of drug-likeness (QED) is 0.771. The molecule has 0 saturated heterocycles. The van der Waals surface area contributed by atoms with Gasteiger partial charge in [0.05, 0.1) is 23.6 Å². The molecule has 1 amide bonds. The number of hydrogen-bond donors (Lipinski definition) is 2. The molecule has 0 aliphatic rings. The lowest BCUT2D eigenvalue weighted by Crippen LogP contribution is -2.23. The van der Waals surface area contributed by atoms with Crippen LogP contribution in [0.5, 0.6) is 0 Å². The predicted octanol–water partition coefficient (Wildman–Crippen LogP) is 2.52. The van der Waals surface area contributed by atoms with E-state index >= 15 is 0 Å². The Morgan fingerprint density at radius 3 is 2.74 bits per heavy atom. The van der Waals surface area contributed by atoms with Crippen molar-refractivity contribution in [3.63, 3.8) is 0 Å². The molecule has 7 heteroatoms. The van der Waals surface area contributed by atoms with E-state index in [-0.39, 0.29) is 5.91 Å². The number of amides is 1. The molecule has 0 atom stereocenters. The highest BCUT2D eigenvalue weighted by Crippen LogP contribution is 2.34. The Morgan fingerprint density at radius 1 is 1.26 bits per heavy atom. The fourth-order valence-electron chi connectivity index (χ4n) is 2.26. The minimum atomic E-state index is -0.218. The molecule has 3 aromatic heterocycles. The van der Waals surface area contributed by atoms with E-state index in [1.54, 1.807) is 6.20 Å². The Bertz CT molecular complexity index is 886. The summed E-state index contributed by atoms with van der Waals surface area (Å²) in [4.78, 5) is 17.8. The van der Waals surface area contributed by atoms with Crippen molar-refractivity contribution in [3.05, 3.63) is 45.7 Å². The first-order valence-electron chi connectivity index (χ1n) is 7.19. The molecule has 0 bridgehead atoms. The Kier molecular flexibility index (Phi) is 3.96. The van der Waals surface area contributed by atoms with Gasteiger partial charge in [-0.15, -0.1) is 16.4 Å². The lowest BCUT2D eigenvalue weighted by molar-refractivity contribution is 0.0955. The minimum absolute atomic E-state index is 0.218. The van der Waals surface area contributed by atoms with Crippen LogP contribution in [-0.4, -0.2) is 21.1 Å². The maximum atomic E-state index is 12.4. The zero-order chi connectivity index (χ0) is 16.6. The van der Waals surface area contributed by atoms with E-state index in [0.717, 1.165) is 27.9 Å². The second kappa shape index (κ2) is 5.92. The summed E-state index contributed by atoms with van der Waals surface area (Å²) in [5.74, 6) is -0.218. The Labute approximate surface area is 137 Å². The van der Waals surface area contributed by atoms with Gasteiger partial charge >= 0.3 is 0 Å². The molecular formula is C16H17N5OS. The third-order valence-corrected chi connectivity index (χ3v) is 4.83.